The van der Waals surface area contributed by atoms with Crippen LogP contribution in [0, 0.1) is 0 Å². The van der Waals surface area contributed by atoms with E-state index in [1.54, 1.807) is 18.0 Å². The lowest BCUT2D eigenvalue weighted by Crippen LogP contribution is -2.00. The molecular formula is C14H17N3O2S. The van der Waals surface area contributed by atoms with E-state index in [-0.39, 0.29) is 0 Å². The molecule has 0 radical (unpaired) electrons. The van der Waals surface area contributed by atoms with Crippen LogP contribution < -0.4 is 15.2 Å². The van der Waals surface area contributed by atoms with Crippen molar-refractivity contribution in [2.45, 2.75) is 17.9 Å². The molecule has 0 bridgehead atoms. The first-order valence-corrected chi connectivity index (χ1v) is 7.60. The summed E-state index contributed by atoms with van der Waals surface area (Å²) >= 11 is 1.77. The van der Waals surface area contributed by atoms with Crippen LogP contribution in [0.1, 0.15) is 6.42 Å². The van der Waals surface area contributed by atoms with Crippen molar-refractivity contribution in [2.75, 3.05) is 24.7 Å². The van der Waals surface area contributed by atoms with Crippen LogP contribution in [0.15, 0.2) is 35.5 Å². The summed E-state index contributed by atoms with van der Waals surface area (Å²) in [5.74, 6) is 2.61. The summed E-state index contributed by atoms with van der Waals surface area (Å²) < 4.78 is 13.2. The number of fused-ring (bicyclic) bond motifs is 1. The summed E-state index contributed by atoms with van der Waals surface area (Å²) in [6, 6.07) is 6.09. The lowest BCUT2D eigenvalue weighted by molar-refractivity contribution is 0.297. The highest BCUT2D eigenvalue weighted by molar-refractivity contribution is 7.99. The number of aromatic nitrogens is 2. The van der Waals surface area contributed by atoms with Gasteiger partial charge in [0.2, 0.25) is 0 Å². The Kier molecular flexibility index (Phi) is 4.01. The van der Waals surface area contributed by atoms with Crippen molar-refractivity contribution in [1.82, 2.24) is 9.78 Å². The van der Waals surface area contributed by atoms with Crippen LogP contribution in [-0.2, 0) is 6.54 Å². The van der Waals surface area contributed by atoms with Crippen molar-refractivity contribution >= 4 is 17.4 Å². The molecule has 5 nitrogen and oxygen atoms in total. The van der Waals surface area contributed by atoms with Gasteiger partial charge in [-0.3, -0.25) is 4.68 Å². The molecule has 1 aliphatic heterocycles. The Hall–Kier alpha value is -1.82. The third kappa shape index (κ3) is 3.19. The van der Waals surface area contributed by atoms with Gasteiger partial charge in [-0.1, -0.05) is 0 Å². The van der Waals surface area contributed by atoms with E-state index in [0.29, 0.717) is 12.3 Å². The van der Waals surface area contributed by atoms with Crippen LogP contribution >= 0.6 is 11.8 Å². The van der Waals surface area contributed by atoms with E-state index in [4.69, 9.17) is 15.2 Å². The van der Waals surface area contributed by atoms with Gasteiger partial charge < -0.3 is 15.2 Å². The Morgan fingerprint density at radius 1 is 1.25 bits per heavy atom. The van der Waals surface area contributed by atoms with Crippen molar-refractivity contribution in [3.8, 4) is 11.5 Å². The molecule has 0 atom stereocenters. The van der Waals surface area contributed by atoms with Crippen molar-refractivity contribution in [3.63, 3.8) is 0 Å². The normalized spacial score (nSPS) is 14.0. The van der Waals surface area contributed by atoms with E-state index in [1.807, 2.05) is 23.0 Å². The molecule has 6 heteroatoms. The van der Waals surface area contributed by atoms with Crippen LogP contribution in [0.2, 0.25) is 0 Å². The highest BCUT2D eigenvalue weighted by Crippen LogP contribution is 2.33. The maximum Gasteiger partial charge on any atom is 0.162 e. The summed E-state index contributed by atoms with van der Waals surface area (Å²) in [4.78, 5) is 1.18. The third-order valence-electron chi connectivity index (χ3n) is 2.96. The van der Waals surface area contributed by atoms with E-state index in [1.165, 1.54) is 4.90 Å². The summed E-state index contributed by atoms with van der Waals surface area (Å²) in [5.41, 5.74) is 6.33. The van der Waals surface area contributed by atoms with Crippen molar-refractivity contribution in [2.24, 2.45) is 0 Å². The molecular weight excluding hydrogens is 274 g/mol. The fourth-order valence-electron chi connectivity index (χ4n) is 1.99. The molecule has 2 aromatic rings. The lowest BCUT2D eigenvalue weighted by Gasteiger charge is -2.09. The highest BCUT2D eigenvalue weighted by Gasteiger charge is 2.10. The van der Waals surface area contributed by atoms with Gasteiger partial charge in [0.25, 0.3) is 0 Å². The van der Waals surface area contributed by atoms with Crippen LogP contribution in [-0.4, -0.2) is 28.7 Å². The van der Waals surface area contributed by atoms with Gasteiger partial charge in [0, 0.05) is 23.3 Å². The first kappa shape index (κ1) is 13.2. The van der Waals surface area contributed by atoms with E-state index >= 15 is 0 Å². The van der Waals surface area contributed by atoms with E-state index < -0.39 is 0 Å². The predicted octanol–water partition coefficient (Wildman–Crippen LogP) is 2.42. The monoisotopic (exact) mass is 291 g/mol. The molecule has 106 valence electrons. The van der Waals surface area contributed by atoms with Crippen molar-refractivity contribution in [3.05, 3.63) is 30.6 Å². The number of nitrogens with two attached hydrogens (primary N) is 1. The molecule has 0 unspecified atom stereocenters. The Morgan fingerprint density at radius 3 is 2.90 bits per heavy atom. The fraction of sp³-hybridized carbons (Fsp3) is 0.357. The maximum absolute atomic E-state index is 5.68. The zero-order chi connectivity index (χ0) is 13.8. The number of rotatable bonds is 4. The molecule has 0 spiro atoms. The van der Waals surface area contributed by atoms with Gasteiger partial charge in [-0.15, -0.1) is 11.8 Å². The minimum atomic E-state index is 0.700. The zero-order valence-electron chi connectivity index (χ0n) is 11.1. The number of anilines is 1. The van der Waals surface area contributed by atoms with Crippen LogP contribution in [0.4, 0.5) is 5.69 Å². The van der Waals surface area contributed by atoms with Gasteiger partial charge in [0.05, 0.1) is 31.6 Å². The molecule has 1 aliphatic rings. The number of thioether (sulfide) groups is 1. The molecule has 1 aromatic heterocycles. The molecule has 3 rings (SSSR count). The van der Waals surface area contributed by atoms with Crippen molar-refractivity contribution < 1.29 is 9.47 Å². The molecule has 0 saturated heterocycles. The van der Waals surface area contributed by atoms with Gasteiger partial charge >= 0.3 is 0 Å². The first-order valence-electron chi connectivity index (χ1n) is 6.62. The molecule has 2 N–H and O–H groups in total. The Labute approximate surface area is 122 Å². The maximum atomic E-state index is 5.68. The van der Waals surface area contributed by atoms with Gasteiger partial charge in [0.1, 0.15) is 0 Å². The zero-order valence-corrected chi connectivity index (χ0v) is 11.9. The molecule has 0 aliphatic carbocycles. The van der Waals surface area contributed by atoms with Crippen molar-refractivity contribution in [1.29, 1.82) is 0 Å². The molecule has 1 aromatic carbocycles. The van der Waals surface area contributed by atoms with Gasteiger partial charge in [-0.25, -0.2) is 0 Å². The second-order valence-corrected chi connectivity index (χ2v) is 5.71. The summed E-state index contributed by atoms with van der Waals surface area (Å²) in [6.07, 6.45) is 4.44. The third-order valence-corrected chi connectivity index (χ3v) is 3.94. The minimum absolute atomic E-state index is 0.700. The molecule has 2 heterocycles. The predicted molar refractivity (Wildman–Crippen MR) is 79.4 cm³/mol. The number of hydrogen-bond acceptors (Lipinski definition) is 5. The summed E-state index contributed by atoms with van der Waals surface area (Å²) in [7, 11) is 0. The average Bonchev–Trinajstić information content (AvgIpc) is 2.73. The Balaban J connectivity index is 1.59. The Morgan fingerprint density at radius 2 is 2.10 bits per heavy atom. The van der Waals surface area contributed by atoms with Crippen LogP contribution in [0.5, 0.6) is 11.5 Å². The van der Waals surface area contributed by atoms with Crippen LogP contribution in [0.25, 0.3) is 0 Å². The number of nitrogen functional groups attached to an aromatic ring is 1. The van der Waals surface area contributed by atoms with E-state index in [2.05, 4.69) is 11.2 Å². The van der Waals surface area contributed by atoms with E-state index in [9.17, 15) is 0 Å². The largest absolute Gasteiger partial charge is 0.490 e. The number of hydrogen-bond donors (Lipinski definition) is 1. The van der Waals surface area contributed by atoms with Crippen LogP contribution in [0.3, 0.4) is 0 Å². The number of benzene rings is 1. The smallest absolute Gasteiger partial charge is 0.162 e. The quantitative estimate of drug-likeness (QED) is 0.877. The average molecular weight is 291 g/mol. The number of aryl methyl sites for hydroxylation is 1. The molecule has 0 fully saturated rings. The lowest BCUT2D eigenvalue weighted by atomic mass is 10.3. The van der Waals surface area contributed by atoms with Gasteiger partial charge in [-0.05, 0) is 18.2 Å². The second-order valence-electron chi connectivity index (χ2n) is 4.54. The molecule has 0 amide bonds. The highest BCUT2D eigenvalue weighted by atomic mass is 32.2. The Bertz CT molecular complexity index is 586. The summed E-state index contributed by atoms with van der Waals surface area (Å²) in [5, 5.41) is 4.16. The standard InChI is InChI=1S/C14H17N3O2S/c15-11-9-16-17(10-11)4-7-20-12-2-3-13-14(8-12)19-6-1-5-18-13/h2-3,8-10H,1,4-7,15H2. The molecule has 20 heavy (non-hydrogen) atoms. The SMILES string of the molecule is Nc1cnn(CCSc2ccc3c(c2)OCCCO3)c1. The number of ether oxygens (including phenoxy) is 2. The second kappa shape index (κ2) is 6.09. The molecule has 0 saturated carbocycles. The first-order chi connectivity index (χ1) is 9.81. The summed E-state index contributed by atoms with van der Waals surface area (Å²) in [6.45, 7) is 2.27. The van der Waals surface area contributed by atoms with E-state index in [0.717, 1.165) is 36.8 Å². The van der Waals surface area contributed by atoms with Gasteiger partial charge in [-0.2, -0.15) is 5.10 Å². The number of nitrogens with zero attached hydrogens (tertiary/aromatic N) is 2. The topological polar surface area (TPSA) is 62.3 Å². The fourth-order valence-corrected chi connectivity index (χ4v) is 2.86. The van der Waals surface area contributed by atoms with Gasteiger partial charge in [0.15, 0.2) is 11.5 Å². The minimum Gasteiger partial charge on any atom is -0.490 e.